The van der Waals surface area contributed by atoms with Gasteiger partial charge in [0.1, 0.15) is 5.75 Å². The van der Waals surface area contributed by atoms with E-state index < -0.39 is 12.6 Å². The van der Waals surface area contributed by atoms with Gasteiger partial charge in [0, 0.05) is 13.1 Å². The standard InChI is InChI=1S/C17H21F2NO4/c1-4-20(10-12(2)3)15(21)11-23-16(22)9-13-5-7-14(8-6-13)24-17(18)19/h5-8,17H,2,4,9-11H2,1,3H3. The number of ether oxygens (including phenoxy) is 2. The SMILES string of the molecule is C=C(C)CN(CC)C(=O)COC(=O)Cc1ccc(OC(F)F)cc1. The second-order valence-electron chi connectivity index (χ2n) is 5.22. The minimum Gasteiger partial charge on any atom is -0.455 e. The molecule has 0 heterocycles. The molecule has 0 aliphatic rings. The van der Waals surface area contributed by atoms with Gasteiger partial charge in [-0.25, -0.2) is 0 Å². The molecule has 0 aromatic heterocycles. The van der Waals surface area contributed by atoms with Gasteiger partial charge < -0.3 is 14.4 Å². The number of hydrogen-bond donors (Lipinski definition) is 0. The fourth-order valence-electron chi connectivity index (χ4n) is 1.94. The van der Waals surface area contributed by atoms with E-state index in [0.29, 0.717) is 18.7 Å². The van der Waals surface area contributed by atoms with Crippen LogP contribution in [0.4, 0.5) is 8.78 Å². The third kappa shape index (κ3) is 7.21. The van der Waals surface area contributed by atoms with E-state index in [1.807, 2.05) is 13.8 Å². The zero-order chi connectivity index (χ0) is 18.1. The summed E-state index contributed by atoms with van der Waals surface area (Å²) in [4.78, 5) is 25.2. The summed E-state index contributed by atoms with van der Waals surface area (Å²) in [5.41, 5.74) is 1.41. The second-order valence-corrected chi connectivity index (χ2v) is 5.22. The Morgan fingerprint density at radius 3 is 2.38 bits per heavy atom. The van der Waals surface area contributed by atoms with Crippen LogP contribution in [0.25, 0.3) is 0 Å². The van der Waals surface area contributed by atoms with Crippen molar-refractivity contribution in [2.45, 2.75) is 26.9 Å². The molecule has 0 fully saturated rings. The van der Waals surface area contributed by atoms with E-state index in [9.17, 15) is 18.4 Å². The average Bonchev–Trinajstić information content (AvgIpc) is 2.51. The summed E-state index contributed by atoms with van der Waals surface area (Å²) in [6, 6.07) is 5.65. The van der Waals surface area contributed by atoms with E-state index in [1.54, 1.807) is 0 Å². The monoisotopic (exact) mass is 341 g/mol. The van der Waals surface area contributed by atoms with Crippen LogP contribution in [0, 0.1) is 0 Å². The van der Waals surface area contributed by atoms with E-state index in [1.165, 1.54) is 29.2 Å². The minimum atomic E-state index is -2.90. The summed E-state index contributed by atoms with van der Waals surface area (Å²) in [5.74, 6) is -0.859. The highest BCUT2D eigenvalue weighted by Crippen LogP contribution is 2.15. The molecule has 0 atom stereocenters. The van der Waals surface area contributed by atoms with Crippen molar-refractivity contribution in [3.05, 3.63) is 42.0 Å². The van der Waals surface area contributed by atoms with Crippen LogP contribution >= 0.6 is 0 Å². The molecule has 0 radical (unpaired) electrons. The van der Waals surface area contributed by atoms with Gasteiger partial charge in [0.15, 0.2) is 6.61 Å². The molecule has 1 amide bonds. The molecule has 0 saturated carbocycles. The number of amides is 1. The molecule has 24 heavy (non-hydrogen) atoms. The Morgan fingerprint density at radius 1 is 1.25 bits per heavy atom. The maximum Gasteiger partial charge on any atom is 0.387 e. The Labute approximate surface area is 139 Å². The van der Waals surface area contributed by atoms with Gasteiger partial charge in [-0.3, -0.25) is 9.59 Å². The van der Waals surface area contributed by atoms with Gasteiger partial charge in [-0.15, -0.1) is 0 Å². The van der Waals surface area contributed by atoms with Gasteiger partial charge in [0.25, 0.3) is 5.91 Å². The molecule has 5 nitrogen and oxygen atoms in total. The lowest BCUT2D eigenvalue weighted by atomic mass is 10.1. The number of carbonyl (C=O) groups excluding carboxylic acids is 2. The fourth-order valence-corrected chi connectivity index (χ4v) is 1.94. The average molecular weight is 341 g/mol. The molecule has 0 aliphatic heterocycles. The van der Waals surface area contributed by atoms with Crippen LogP contribution in [-0.2, 0) is 20.7 Å². The van der Waals surface area contributed by atoms with E-state index >= 15 is 0 Å². The molecule has 0 bridgehead atoms. The molecule has 0 aliphatic carbocycles. The highest BCUT2D eigenvalue weighted by molar-refractivity contribution is 5.81. The summed E-state index contributed by atoms with van der Waals surface area (Å²) < 4.78 is 33.3. The number of alkyl halides is 2. The summed E-state index contributed by atoms with van der Waals surface area (Å²) >= 11 is 0. The minimum absolute atomic E-state index is 0.00989. The van der Waals surface area contributed by atoms with Gasteiger partial charge >= 0.3 is 12.6 Å². The van der Waals surface area contributed by atoms with Crippen molar-refractivity contribution in [2.75, 3.05) is 19.7 Å². The number of hydrogen-bond acceptors (Lipinski definition) is 4. The first-order chi connectivity index (χ1) is 11.3. The van der Waals surface area contributed by atoms with Crippen LogP contribution in [-0.4, -0.2) is 43.1 Å². The lowest BCUT2D eigenvalue weighted by Gasteiger charge is -2.20. The smallest absolute Gasteiger partial charge is 0.387 e. The Balaban J connectivity index is 2.45. The lowest BCUT2D eigenvalue weighted by Crippen LogP contribution is -2.35. The Hall–Kier alpha value is -2.44. The molecule has 0 unspecified atom stereocenters. The number of halogens is 2. The topological polar surface area (TPSA) is 55.8 Å². The van der Waals surface area contributed by atoms with Crippen LogP contribution in [0.3, 0.4) is 0 Å². The number of likely N-dealkylation sites (N-methyl/N-ethyl adjacent to an activating group) is 1. The molecule has 132 valence electrons. The predicted molar refractivity (Wildman–Crippen MR) is 84.8 cm³/mol. The van der Waals surface area contributed by atoms with Crippen LogP contribution < -0.4 is 4.74 Å². The van der Waals surface area contributed by atoms with Gasteiger partial charge in [-0.2, -0.15) is 8.78 Å². The maximum absolute atomic E-state index is 12.0. The van der Waals surface area contributed by atoms with E-state index in [-0.39, 0.29) is 24.7 Å². The summed E-state index contributed by atoms with van der Waals surface area (Å²) in [6.07, 6.45) is -0.0607. The van der Waals surface area contributed by atoms with Gasteiger partial charge in [0.2, 0.25) is 0 Å². The van der Waals surface area contributed by atoms with Crippen molar-refractivity contribution < 1.29 is 27.8 Å². The summed E-state index contributed by atoms with van der Waals surface area (Å²) in [7, 11) is 0. The highest BCUT2D eigenvalue weighted by atomic mass is 19.3. The fraction of sp³-hybridized carbons (Fsp3) is 0.412. The summed E-state index contributed by atoms with van der Waals surface area (Å²) in [5, 5.41) is 0. The van der Waals surface area contributed by atoms with Crippen LogP contribution in [0.15, 0.2) is 36.4 Å². The molecule has 0 saturated heterocycles. The number of nitrogens with zero attached hydrogens (tertiary/aromatic N) is 1. The largest absolute Gasteiger partial charge is 0.455 e. The van der Waals surface area contributed by atoms with Crippen LogP contribution in [0.2, 0.25) is 0 Å². The van der Waals surface area contributed by atoms with Crippen molar-refractivity contribution in [3.63, 3.8) is 0 Å². The molecule has 1 aromatic rings. The number of rotatable bonds is 9. The Kier molecular flexibility index (Phi) is 7.88. The zero-order valence-corrected chi connectivity index (χ0v) is 13.8. The molecule has 0 spiro atoms. The number of esters is 1. The number of benzene rings is 1. The van der Waals surface area contributed by atoms with Crippen molar-refractivity contribution in [1.82, 2.24) is 4.90 Å². The molecule has 0 N–H and O–H groups in total. The maximum atomic E-state index is 12.0. The summed E-state index contributed by atoms with van der Waals surface area (Å²) in [6.45, 7) is 5.05. The van der Waals surface area contributed by atoms with E-state index in [4.69, 9.17) is 4.74 Å². The highest BCUT2D eigenvalue weighted by Gasteiger charge is 2.14. The molecular formula is C17H21F2NO4. The molecule has 1 rings (SSSR count). The van der Waals surface area contributed by atoms with Crippen LogP contribution in [0.5, 0.6) is 5.75 Å². The normalized spacial score (nSPS) is 10.4. The first-order valence-electron chi connectivity index (χ1n) is 7.43. The van der Waals surface area contributed by atoms with Crippen molar-refractivity contribution in [1.29, 1.82) is 0 Å². The van der Waals surface area contributed by atoms with Crippen molar-refractivity contribution in [3.8, 4) is 5.75 Å². The zero-order valence-electron chi connectivity index (χ0n) is 13.8. The van der Waals surface area contributed by atoms with E-state index in [2.05, 4.69) is 11.3 Å². The Morgan fingerprint density at radius 2 is 1.88 bits per heavy atom. The van der Waals surface area contributed by atoms with Gasteiger partial charge in [-0.05, 0) is 31.5 Å². The lowest BCUT2D eigenvalue weighted by molar-refractivity contribution is -0.151. The van der Waals surface area contributed by atoms with E-state index in [0.717, 1.165) is 5.57 Å². The molecule has 7 heteroatoms. The van der Waals surface area contributed by atoms with Gasteiger partial charge in [-0.1, -0.05) is 24.3 Å². The third-order valence-electron chi connectivity index (χ3n) is 3.05. The second kappa shape index (κ2) is 9.64. The quantitative estimate of drug-likeness (QED) is 0.512. The third-order valence-corrected chi connectivity index (χ3v) is 3.05. The first kappa shape index (κ1) is 19.6. The van der Waals surface area contributed by atoms with Crippen LogP contribution in [0.1, 0.15) is 19.4 Å². The number of carbonyl (C=O) groups is 2. The Bertz CT molecular complexity index is 572. The predicted octanol–water partition coefficient (Wildman–Crippen LogP) is 2.80. The van der Waals surface area contributed by atoms with Crippen molar-refractivity contribution in [2.24, 2.45) is 0 Å². The first-order valence-corrected chi connectivity index (χ1v) is 7.43. The molecular weight excluding hydrogens is 320 g/mol. The van der Waals surface area contributed by atoms with Crippen molar-refractivity contribution >= 4 is 11.9 Å². The van der Waals surface area contributed by atoms with Gasteiger partial charge in [0.05, 0.1) is 6.42 Å². The molecule has 1 aromatic carbocycles.